The molecule has 4 heterocycles. The fourth-order valence-electron chi connectivity index (χ4n) is 7.46. The maximum Gasteiger partial charge on any atom is 0.164 e. The number of hydrogen-bond donors (Lipinski definition) is 0. The highest BCUT2D eigenvalue weighted by molar-refractivity contribution is 7.26. The van der Waals surface area contributed by atoms with Crippen molar-refractivity contribution in [2.75, 3.05) is 0 Å². The quantitative estimate of drug-likeness (QED) is 0.179. The summed E-state index contributed by atoms with van der Waals surface area (Å²) in [5, 5.41) is 4.35. The fourth-order valence-corrected chi connectivity index (χ4v) is 8.70. The number of para-hydroxylation sites is 4. The van der Waals surface area contributed by atoms with Crippen molar-refractivity contribution in [3.63, 3.8) is 0 Å². The van der Waals surface area contributed by atoms with Crippen molar-refractivity contribution in [2.24, 2.45) is 0 Å². The molecule has 0 aliphatic carbocycles. The van der Waals surface area contributed by atoms with Crippen LogP contribution in [-0.4, -0.2) is 24.5 Å². The molecule has 0 radical (unpaired) electrons. The van der Waals surface area contributed by atoms with E-state index in [-0.39, 0.29) is 0 Å². The number of rotatable bonds is 5. The van der Waals surface area contributed by atoms with Crippen molar-refractivity contribution in [1.29, 1.82) is 0 Å². The van der Waals surface area contributed by atoms with Gasteiger partial charge in [-0.25, -0.2) is 19.9 Å². The molecule has 0 saturated heterocycles. The smallest absolute Gasteiger partial charge is 0.164 e. The van der Waals surface area contributed by atoms with Gasteiger partial charge < -0.3 is 4.42 Å². The van der Waals surface area contributed by atoms with Crippen LogP contribution in [0.2, 0.25) is 0 Å². The van der Waals surface area contributed by atoms with Gasteiger partial charge in [0, 0.05) is 58.9 Å². The molecular formula is C46H27N5OS. The first-order valence-corrected chi connectivity index (χ1v) is 18.3. The molecule has 0 bridgehead atoms. The number of imidazole rings is 1. The molecule has 0 aliphatic rings. The topological polar surface area (TPSA) is 69.6 Å². The molecule has 0 aliphatic heterocycles. The Bertz CT molecular complexity index is 3180. The number of nitrogens with zero attached hydrogens (tertiary/aromatic N) is 5. The molecule has 0 saturated carbocycles. The van der Waals surface area contributed by atoms with E-state index in [4.69, 9.17) is 24.4 Å². The van der Waals surface area contributed by atoms with Crippen molar-refractivity contribution in [1.82, 2.24) is 24.5 Å². The Morgan fingerprint density at radius 3 is 2.04 bits per heavy atom. The van der Waals surface area contributed by atoms with Crippen LogP contribution in [0.25, 0.3) is 104 Å². The van der Waals surface area contributed by atoms with Gasteiger partial charge in [0.25, 0.3) is 0 Å². The van der Waals surface area contributed by atoms with Crippen molar-refractivity contribution < 1.29 is 4.42 Å². The summed E-state index contributed by atoms with van der Waals surface area (Å²) in [5.41, 5.74) is 8.65. The normalized spacial score (nSPS) is 11.8. The lowest BCUT2D eigenvalue weighted by Gasteiger charge is -2.11. The van der Waals surface area contributed by atoms with Gasteiger partial charge in [0.1, 0.15) is 17.0 Å². The predicted octanol–water partition coefficient (Wildman–Crippen LogP) is 12.1. The summed E-state index contributed by atoms with van der Waals surface area (Å²) < 4.78 is 10.7. The van der Waals surface area contributed by atoms with Crippen LogP contribution in [0.15, 0.2) is 168 Å². The van der Waals surface area contributed by atoms with Crippen LogP contribution in [0.4, 0.5) is 0 Å². The highest BCUT2D eigenvalue weighted by Gasteiger charge is 2.22. The Balaban J connectivity index is 1.14. The van der Waals surface area contributed by atoms with Gasteiger partial charge in [0.2, 0.25) is 0 Å². The number of fused-ring (bicyclic) bond motifs is 7. The molecule has 0 spiro atoms. The van der Waals surface area contributed by atoms with E-state index in [1.807, 2.05) is 72.8 Å². The van der Waals surface area contributed by atoms with E-state index in [0.29, 0.717) is 17.5 Å². The van der Waals surface area contributed by atoms with Crippen molar-refractivity contribution >= 4 is 64.5 Å². The van der Waals surface area contributed by atoms with Crippen LogP contribution in [0.1, 0.15) is 0 Å². The lowest BCUT2D eigenvalue weighted by molar-refractivity contribution is 0.669. The summed E-state index contributed by atoms with van der Waals surface area (Å²) in [7, 11) is 0. The summed E-state index contributed by atoms with van der Waals surface area (Å²) in [6.45, 7) is 0. The van der Waals surface area contributed by atoms with Crippen LogP contribution >= 0.6 is 11.3 Å². The molecule has 0 unspecified atom stereocenters. The highest BCUT2D eigenvalue weighted by atomic mass is 32.1. The third-order valence-corrected chi connectivity index (χ3v) is 11.1. The van der Waals surface area contributed by atoms with Gasteiger partial charge in [0.05, 0.1) is 11.0 Å². The SMILES string of the molecule is c1ccc(-c2nc(-c3ccc4oc5ccccc5c4c3)nc(-c3cccc4sc5c(-c6nc7ccccc7n6-c6ccccc6)cccc5c34)n2)cc1. The number of hydrogen-bond acceptors (Lipinski definition) is 6. The summed E-state index contributed by atoms with van der Waals surface area (Å²) in [4.78, 5) is 20.6. The Morgan fingerprint density at radius 1 is 0.472 bits per heavy atom. The average molecular weight is 698 g/mol. The van der Waals surface area contributed by atoms with E-state index in [0.717, 1.165) is 86.9 Å². The van der Waals surface area contributed by atoms with Gasteiger partial charge in [-0.2, -0.15) is 0 Å². The number of aromatic nitrogens is 5. The zero-order chi connectivity index (χ0) is 34.9. The minimum absolute atomic E-state index is 0.606. The van der Waals surface area contributed by atoms with Crippen LogP contribution in [0.3, 0.4) is 0 Å². The summed E-state index contributed by atoms with van der Waals surface area (Å²) in [6.07, 6.45) is 0. The second-order valence-electron chi connectivity index (χ2n) is 13.0. The Hall–Kier alpha value is -6.96. The molecule has 0 atom stereocenters. The van der Waals surface area contributed by atoms with Gasteiger partial charge in [-0.05, 0) is 60.7 Å². The Kier molecular flexibility index (Phi) is 6.62. The molecule has 6 nitrogen and oxygen atoms in total. The lowest BCUT2D eigenvalue weighted by Crippen LogP contribution is -2.00. The maximum atomic E-state index is 6.14. The van der Waals surface area contributed by atoms with Crippen molar-refractivity contribution in [3.05, 3.63) is 164 Å². The van der Waals surface area contributed by atoms with Gasteiger partial charge >= 0.3 is 0 Å². The predicted molar refractivity (Wildman–Crippen MR) is 216 cm³/mol. The average Bonchev–Trinajstić information content (AvgIpc) is 3.92. The molecule has 0 fully saturated rings. The molecule has 53 heavy (non-hydrogen) atoms. The third-order valence-electron chi connectivity index (χ3n) is 9.88. The molecule has 4 aromatic heterocycles. The summed E-state index contributed by atoms with van der Waals surface area (Å²) in [5.74, 6) is 2.76. The van der Waals surface area contributed by atoms with Crippen LogP contribution in [0.5, 0.6) is 0 Å². The Morgan fingerprint density at radius 2 is 1.15 bits per heavy atom. The minimum atomic E-state index is 0.606. The van der Waals surface area contributed by atoms with Gasteiger partial charge in [-0.1, -0.05) is 103 Å². The summed E-state index contributed by atoms with van der Waals surface area (Å²) in [6, 6.07) is 56.1. The maximum absolute atomic E-state index is 6.14. The molecule has 11 rings (SSSR count). The zero-order valence-corrected chi connectivity index (χ0v) is 29.0. The first-order chi connectivity index (χ1) is 26.3. The molecule has 7 aromatic carbocycles. The van der Waals surface area contributed by atoms with Crippen LogP contribution in [0, 0.1) is 0 Å². The van der Waals surface area contributed by atoms with Crippen molar-refractivity contribution in [3.8, 4) is 51.2 Å². The van der Waals surface area contributed by atoms with Crippen LogP contribution < -0.4 is 0 Å². The van der Waals surface area contributed by atoms with E-state index >= 15 is 0 Å². The third kappa shape index (κ3) is 4.79. The van der Waals surface area contributed by atoms with E-state index in [1.54, 1.807) is 11.3 Å². The number of thiophene rings is 1. The standard InChI is InChI=1S/C46H27N5OS/c1-3-13-28(14-4-1)43-48-44(29-25-26-39-35(27-29)31-17-7-10-23-38(31)52-39)50-45(49-43)33-19-12-24-40-41(33)32-18-11-20-34(42(32)53-40)46-47-36-21-8-9-22-37(36)51(46)30-15-5-2-6-16-30/h1-27H. The minimum Gasteiger partial charge on any atom is -0.456 e. The summed E-state index contributed by atoms with van der Waals surface area (Å²) >= 11 is 1.78. The van der Waals surface area contributed by atoms with E-state index < -0.39 is 0 Å². The number of furan rings is 1. The first-order valence-electron chi connectivity index (χ1n) is 17.5. The fraction of sp³-hybridized carbons (Fsp3) is 0. The van der Waals surface area contributed by atoms with Crippen LogP contribution in [-0.2, 0) is 0 Å². The van der Waals surface area contributed by atoms with Gasteiger partial charge in [-0.15, -0.1) is 11.3 Å². The second kappa shape index (κ2) is 11.8. The largest absolute Gasteiger partial charge is 0.456 e. The number of benzene rings is 7. The van der Waals surface area contributed by atoms with E-state index in [2.05, 4.69) is 95.6 Å². The Labute approximate surface area is 307 Å². The molecule has 11 aromatic rings. The van der Waals surface area contributed by atoms with Gasteiger partial charge in [-0.3, -0.25) is 4.57 Å². The van der Waals surface area contributed by atoms with Crippen molar-refractivity contribution in [2.45, 2.75) is 0 Å². The zero-order valence-electron chi connectivity index (χ0n) is 28.1. The molecule has 248 valence electrons. The highest BCUT2D eigenvalue weighted by Crippen LogP contribution is 2.44. The van der Waals surface area contributed by atoms with Gasteiger partial charge in [0.15, 0.2) is 17.5 Å². The van der Waals surface area contributed by atoms with E-state index in [1.165, 1.54) is 0 Å². The first kappa shape index (κ1) is 29.7. The second-order valence-corrected chi connectivity index (χ2v) is 14.1. The lowest BCUT2D eigenvalue weighted by atomic mass is 10.0. The molecule has 0 N–H and O–H groups in total. The molecular weight excluding hydrogens is 671 g/mol. The monoisotopic (exact) mass is 697 g/mol. The van der Waals surface area contributed by atoms with E-state index in [9.17, 15) is 0 Å². The molecule has 7 heteroatoms. The molecule has 0 amide bonds.